The Morgan fingerprint density at radius 3 is 2.90 bits per heavy atom. The molecular formula is C16H19N3O2. The highest BCUT2D eigenvalue weighted by Gasteiger charge is 2.30. The fourth-order valence-corrected chi connectivity index (χ4v) is 2.82. The van der Waals surface area contributed by atoms with Crippen molar-refractivity contribution in [1.29, 1.82) is 0 Å². The van der Waals surface area contributed by atoms with Gasteiger partial charge in [0.2, 0.25) is 0 Å². The molecule has 21 heavy (non-hydrogen) atoms. The maximum Gasteiger partial charge on any atom is 0.257 e. The van der Waals surface area contributed by atoms with Crippen LogP contribution in [0.25, 0.3) is 0 Å². The van der Waals surface area contributed by atoms with E-state index in [0.717, 1.165) is 17.9 Å². The van der Waals surface area contributed by atoms with Crippen LogP contribution in [0.5, 0.6) is 5.75 Å². The van der Waals surface area contributed by atoms with E-state index in [1.165, 1.54) is 0 Å². The molecule has 0 unspecified atom stereocenters. The van der Waals surface area contributed by atoms with Gasteiger partial charge in [-0.05, 0) is 25.5 Å². The smallest absolute Gasteiger partial charge is 0.257 e. The van der Waals surface area contributed by atoms with Crippen molar-refractivity contribution >= 4 is 5.91 Å². The van der Waals surface area contributed by atoms with Crippen LogP contribution in [0.3, 0.4) is 0 Å². The monoisotopic (exact) mass is 285 g/mol. The number of hydroxylamine groups is 1. The minimum Gasteiger partial charge on any atom is -0.380 e. The van der Waals surface area contributed by atoms with Gasteiger partial charge in [-0.15, -0.1) is 0 Å². The minimum absolute atomic E-state index is 0.0808. The molecule has 3 rings (SSSR count). The van der Waals surface area contributed by atoms with Crippen LogP contribution >= 0.6 is 0 Å². The Bertz CT molecular complexity index is 636. The molecule has 0 fully saturated rings. The molecule has 1 aliphatic heterocycles. The molecule has 0 saturated carbocycles. The molecule has 2 atom stereocenters. The van der Waals surface area contributed by atoms with Crippen molar-refractivity contribution in [1.82, 2.24) is 15.0 Å². The SMILES string of the molecule is Cc1cn2c(n1)[C@H](C)C[C@H](C(=O)NOc1ccccc1)C2. The van der Waals surface area contributed by atoms with E-state index in [0.29, 0.717) is 12.3 Å². The highest BCUT2D eigenvalue weighted by molar-refractivity contribution is 5.78. The van der Waals surface area contributed by atoms with Crippen LogP contribution < -0.4 is 10.3 Å². The van der Waals surface area contributed by atoms with Crippen molar-refractivity contribution in [2.75, 3.05) is 0 Å². The van der Waals surface area contributed by atoms with Crippen molar-refractivity contribution in [3.05, 3.63) is 48.0 Å². The van der Waals surface area contributed by atoms with Crippen LogP contribution in [0.4, 0.5) is 0 Å². The van der Waals surface area contributed by atoms with Gasteiger partial charge in [0.25, 0.3) is 5.91 Å². The van der Waals surface area contributed by atoms with Gasteiger partial charge in [-0.3, -0.25) is 4.79 Å². The predicted octanol–water partition coefficient (Wildman–Crippen LogP) is 2.43. The zero-order chi connectivity index (χ0) is 14.8. The minimum atomic E-state index is -0.0928. The number of aryl methyl sites for hydroxylation is 1. The van der Waals surface area contributed by atoms with Crippen molar-refractivity contribution < 1.29 is 9.63 Å². The summed E-state index contributed by atoms with van der Waals surface area (Å²) in [5, 5.41) is 0. The highest BCUT2D eigenvalue weighted by atomic mass is 16.7. The third-order valence-electron chi connectivity index (χ3n) is 3.81. The Balaban J connectivity index is 1.64. The third-order valence-corrected chi connectivity index (χ3v) is 3.81. The molecule has 1 N–H and O–H groups in total. The van der Waals surface area contributed by atoms with Gasteiger partial charge in [0.15, 0.2) is 5.75 Å². The Labute approximate surface area is 123 Å². The summed E-state index contributed by atoms with van der Waals surface area (Å²) in [5.74, 6) is 1.81. The van der Waals surface area contributed by atoms with E-state index in [1.807, 2.05) is 31.3 Å². The molecular weight excluding hydrogens is 266 g/mol. The summed E-state index contributed by atoms with van der Waals surface area (Å²) in [6, 6.07) is 9.25. The Morgan fingerprint density at radius 1 is 1.38 bits per heavy atom. The number of nitrogens with zero attached hydrogens (tertiary/aromatic N) is 2. The number of fused-ring (bicyclic) bond motifs is 1. The van der Waals surface area contributed by atoms with Crippen molar-refractivity contribution in [2.45, 2.75) is 32.7 Å². The molecule has 0 bridgehead atoms. The normalized spacial score (nSPS) is 20.7. The van der Waals surface area contributed by atoms with E-state index < -0.39 is 0 Å². The maximum atomic E-state index is 12.3. The van der Waals surface area contributed by atoms with Gasteiger partial charge in [-0.2, -0.15) is 5.48 Å². The lowest BCUT2D eigenvalue weighted by Crippen LogP contribution is -2.38. The first-order chi connectivity index (χ1) is 10.1. The fourth-order valence-electron chi connectivity index (χ4n) is 2.82. The number of hydrogen-bond donors (Lipinski definition) is 1. The zero-order valence-electron chi connectivity index (χ0n) is 12.2. The van der Waals surface area contributed by atoms with Crippen LogP contribution in [0.15, 0.2) is 36.5 Å². The number of hydrogen-bond acceptors (Lipinski definition) is 3. The van der Waals surface area contributed by atoms with Gasteiger partial charge in [-0.25, -0.2) is 4.98 Å². The molecule has 1 aromatic carbocycles. The van der Waals surface area contributed by atoms with Gasteiger partial charge < -0.3 is 9.40 Å². The van der Waals surface area contributed by atoms with Crippen LogP contribution in [-0.4, -0.2) is 15.5 Å². The molecule has 2 aromatic rings. The van der Waals surface area contributed by atoms with E-state index >= 15 is 0 Å². The number of imidazole rings is 1. The Morgan fingerprint density at radius 2 is 2.14 bits per heavy atom. The van der Waals surface area contributed by atoms with E-state index in [2.05, 4.69) is 22.0 Å². The lowest BCUT2D eigenvalue weighted by molar-refractivity contribution is -0.133. The summed E-state index contributed by atoms with van der Waals surface area (Å²) in [7, 11) is 0. The average molecular weight is 285 g/mol. The van der Waals surface area contributed by atoms with Crippen LogP contribution in [-0.2, 0) is 11.3 Å². The number of carbonyl (C=O) groups excluding carboxylic acids is 1. The number of amides is 1. The molecule has 0 aliphatic carbocycles. The molecule has 0 spiro atoms. The first-order valence-corrected chi connectivity index (χ1v) is 7.19. The molecule has 1 amide bonds. The van der Waals surface area contributed by atoms with Gasteiger partial charge >= 0.3 is 0 Å². The number of rotatable bonds is 3. The maximum absolute atomic E-state index is 12.3. The standard InChI is InChI=1S/C16H19N3O2/c1-11-8-13(10-19-9-12(2)17-15(11)19)16(20)18-21-14-6-4-3-5-7-14/h3-7,9,11,13H,8,10H2,1-2H3,(H,18,20)/t11-,13+/m1/s1. The van der Waals surface area contributed by atoms with Gasteiger partial charge in [0, 0.05) is 18.7 Å². The van der Waals surface area contributed by atoms with Gasteiger partial charge in [0.05, 0.1) is 11.6 Å². The molecule has 0 radical (unpaired) electrons. The summed E-state index contributed by atoms with van der Waals surface area (Å²) >= 11 is 0. The molecule has 5 heteroatoms. The first-order valence-electron chi connectivity index (χ1n) is 7.19. The lowest BCUT2D eigenvalue weighted by Gasteiger charge is -2.27. The lowest BCUT2D eigenvalue weighted by atomic mass is 9.91. The molecule has 5 nitrogen and oxygen atoms in total. The number of nitrogens with one attached hydrogen (secondary N) is 1. The van der Waals surface area contributed by atoms with Crippen LogP contribution in [0.1, 0.15) is 30.8 Å². The summed E-state index contributed by atoms with van der Waals surface area (Å²) in [6.07, 6.45) is 2.80. The second kappa shape index (κ2) is 5.60. The largest absolute Gasteiger partial charge is 0.380 e. The van der Waals surface area contributed by atoms with Gasteiger partial charge in [0.1, 0.15) is 5.82 Å². The van der Waals surface area contributed by atoms with Crippen LogP contribution in [0.2, 0.25) is 0 Å². The molecule has 0 saturated heterocycles. The predicted molar refractivity (Wildman–Crippen MR) is 78.7 cm³/mol. The Kier molecular flexibility index (Phi) is 3.64. The second-order valence-electron chi connectivity index (χ2n) is 5.61. The van der Waals surface area contributed by atoms with Crippen molar-refractivity contribution in [3.63, 3.8) is 0 Å². The van der Waals surface area contributed by atoms with E-state index in [-0.39, 0.29) is 17.7 Å². The summed E-state index contributed by atoms with van der Waals surface area (Å²) in [4.78, 5) is 22.1. The fraction of sp³-hybridized carbons (Fsp3) is 0.375. The van der Waals surface area contributed by atoms with Crippen molar-refractivity contribution in [2.24, 2.45) is 5.92 Å². The average Bonchev–Trinajstić information content (AvgIpc) is 2.87. The van der Waals surface area contributed by atoms with Crippen molar-refractivity contribution in [3.8, 4) is 5.75 Å². The molecule has 1 aliphatic rings. The summed E-state index contributed by atoms with van der Waals surface area (Å²) in [6.45, 7) is 4.74. The van der Waals surface area contributed by atoms with Crippen LogP contribution in [0, 0.1) is 12.8 Å². The van der Waals surface area contributed by atoms with E-state index in [9.17, 15) is 4.79 Å². The summed E-state index contributed by atoms with van der Waals surface area (Å²) < 4.78 is 2.08. The quantitative estimate of drug-likeness (QED) is 0.881. The summed E-state index contributed by atoms with van der Waals surface area (Å²) in [5.41, 5.74) is 3.55. The molecule has 1 aromatic heterocycles. The third kappa shape index (κ3) is 2.91. The van der Waals surface area contributed by atoms with E-state index in [4.69, 9.17) is 4.84 Å². The first kappa shape index (κ1) is 13.7. The topological polar surface area (TPSA) is 56.2 Å². The number of benzene rings is 1. The highest BCUT2D eigenvalue weighted by Crippen LogP contribution is 2.30. The van der Waals surface area contributed by atoms with E-state index in [1.54, 1.807) is 12.1 Å². The number of aromatic nitrogens is 2. The molecule has 2 heterocycles. The number of carbonyl (C=O) groups is 1. The number of para-hydroxylation sites is 1. The molecule has 110 valence electrons. The second-order valence-corrected chi connectivity index (χ2v) is 5.61. The Hall–Kier alpha value is -2.30. The zero-order valence-corrected chi connectivity index (χ0v) is 12.2. The van der Waals surface area contributed by atoms with Gasteiger partial charge in [-0.1, -0.05) is 25.1 Å².